The predicted molar refractivity (Wildman–Crippen MR) is 151 cm³/mol. The Hall–Kier alpha value is -3.34. The number of ketones is 1. The number of aryl methyl sites for hydroxylation is 3. The number of hydrogen-bond acceptors (Lipinski definition) is 8. The van der Waals surface area contributed by atoms with Gasteiger partial charge in [-0.15, -0.1) is 0 Å². The Labute approximate surface area is 241 Å². The fourth-order valence-electron chi connectivity index (χ4n) is 5.40. The fourth-order valence-corrected chi connectivity index (χ4v) is 5.40. The van der Waals surface area contributed by atoms with E-state index in [0.717, 1.165) is 18.5 Å². The maximum atomic E-state index is 13.6. The first kappa shape index (κ1) is 32.2. The van der Waals surface area contributed by atoms with Crippen LogP contribution in [0, 0.1) is 32.1 Å². The topological polar surface area (TPSA) is 153 Å². The molecule has 41 heavy (non-hydrogen) atoms. The summed E-state index contributed by atoms with van der Waals surface area (Å²) < 4.78 is 10.9. The zero-order valence-electron chi connectivity index (χ0n) is 25.1. The van der Waals surface area contributed by atoms with Gasteiger partial charge in [0, 0.05) is 24.8 Å². The molecule has 0 aromatic carbocycles. The SMILES string of the molecule is Cc1cc(C)c(C(=O)OCC(=O)[C@H](C[C@@H]2CCCNC2=O)NC(=O)[C@H](CC(C)(C)C)NC(=O)[C@H]2CCCO2)c(C)n1. The summed E-state index contributed by atoms with van der Waals surface area (Å²) >= 11 is 0. The van der Waals surface area contributed by atoms with Gasteiger partial charge in [-0.05, 0) is 76.3 Å². The standard InChI is InChI=1S/C30H44N4O7/c1-17-13-18(2)32-19(3)25(17)29(39)41-16-23(35)21(14-20-9-7-11-31-26(20)36)33-27(37)22(15-30(4,5)6)34-28(38)24-10-8-12-40-24/h13,20-22,24H,7-12,14-16H2,1-6H3,(H,31,36)(H,33,37)(H,34,38)/t20-,21-,22-,24+/m0/s1. The first-order valence-electron chi connectivity index (χ1n) is 14.4. The van der Waals surface area contributed by atoms with Gasteiger partial charge in [-0.1, -0.05) is 20.8 Å². The summed E-state index contributed by atoms with van der Waals surface area (Å²) in [4.78, 5) is 69.5. The van der Waals surface area contributed by atoms with E-state index in [4.69, 9.17) is 9.47 Å². The monoisotopic (exact) mass is 572 g/mol. The minimum Gasteiger partial charge on any atom is -0.454 e. The summed E-state index contributed by atoms with van der Waals surface area (Å²) in [5, 5.41) is 8.37. The maximum Gasteiger partial charge on any atom is 0.340 e. The molecule has 2 aliphatic rings. The summed E-state index contributed by atoms with van der Waals surface area (Å²) in [6.45, 7) is 11.6. The lowest BCUT2D eigenvalue weighted by Crippen LogP contribution is -2.55. The molecular formula is C30H44N4O7. The molecule has 0 bridgehead atoms. The van der Waals surface area contributed by atoms with E-state index in [1.165, 1.54) is 0 Å². The van der Waals surface area contributed by atoms with Gasteiger partial charge in [0.15, 0.2) is 12.4 Å². The van der Waals surface area contributed by atoms with Crippen LogP contribution < -0.4 is 16.0 Å². The lowest BCUT2D eigenvalue weighted by Gasteiger charge is -2.30. The molecule has 11 heteroatoms. The number of nitrogens with zero attached hydrogens (tertiary/aromatic N) is 1. The average molecular weight is 573 g/mol. The van der Waals surface area contributed by atoms with Crippen LogP contribution in [0.15, 0.2) is 6.07 Å². The summed E-state index contributed by atoms with van der Waals surface area (Å²) in [7, 11) is 0. The Kier molecular flexibility index (Phi) is 11.0. The van der Waals surface area contributed by atoms with Crippen LogP contribution in [0.25, 0.3) is 0 Å². The number of piperidine rings is 1. The van der Waals surface area contributed by atoms with Crippen molar-refractivity contribution >= 4 is 29.5 Å². The molecule has 1 aromatic rings. The van der Waals surface area contributed by atoms with Gasteiger partial charge >= 0.3 is 5.97 Å². The summed E-state index contributed by atoms with van der Waals surface area (Å²) in [5.74, 6) is -2.80. The first-order chi connectivity index (χ1) is 19.2. The number of carbonyl (C=O) groups excluding carboxylic acids is 5. The van der Waals surface area contributed by atoms with Crippen molar-refractivity contribution in [3.05, 3.63) is 28.6 Å². The van der Waals surface area contributed by atoms with Crippen LogP contribution in [-0.4, -0.2) is 72.4 Å². The second-order valence-corrected chi connectivity index (χ2v) is 12.3. The predicted octanol–water partition coefficient (Wildman–Crippen LogP) is 2.23. The largest absolute Gasteiger partial charge is 0.454 e. The van der Waals surface area contributed by atoms with Gasteiger partial charge in [0.2, 0.25) is 17.7 Å². The third kappa shape index (κ3) is 9.34. The minimum atomic E-state index is -1.09. The number of ether oxygens (including phenoxy) is 2. The normalized spacial score (nSPS) is 20.5. The second-order valence-electron chi connectivity index (χ2n) is 12.3. The van der Waals surface area contributed by atoms with E-state index in [2.05, 4.69) is 20.9 Å². The molecule has 2 fully saturated rings. The molecule has 2 aliphatic heterocycles. The number of Topliss-reactive ketones (excluding diaryl/α,β-unsaturated/α-hetero) is 1. The highest BCUT2D eigenvalue weighted by molar-refractivity contribution is 5.97. The molecule has 226 valence electrons. The molecule has 0 aliphatic carbocycles. The second kappa shape index (κ2) is 14.0. The molecule has 0 unspecified atom stereocenters. The molecule has 0 spiro atoms. The van der Waals surface area contributed by atoms with Crippen LogP contribution in [-0.2, 0) is 28.7 Å². The zero-order valence-corrected chi connectivity index (χ0v) is 25.1. The van der Waals surface area contributed by atoms with Crippen molar-refractivity contribution in [3.8, 4) is 0 Å². The van der Waals surface area contributed by atoms with Gasteiger partial charge in [0.25, 0.3) is 0 Å². The smallest absolute Gasteiger partial charge is 0.340 e. The van der Waals surface area contributed by atoms with Gasteiger partial charge in [0.1, 0.15) is 12.1 Å². The third-order valence-electron chi connectivity index (χ3n) is 7.37. The molecule has 11 nitrogen and oxygen atoms in total. The van der Waals surface area contributed by atoms with Crippen LogP contribution in [0.5, 0.6) is 0 Å². The average Bonchev–Trinajstić information content (AvgIpc) is 3.41. The highest BCUT2D eigenvalue weighted by Gasteiger charge is 2.35. The molecule has 3 heterocycles. The Morgan fingerprint density at radius 3 is 2.44 bits per heavy atom. The molecule has 3 rings (SSSR count). The summed E-state index contributed by atoms with van der Waals surface area (Å²) in [6.07, 6.45) is 2.43. The van der Waals surface area contributed by atoms with Crippen LogP contribution in [0.4, 0.5) is 0 Å². The molecule has 3 N–H and O–H groups in total. The minimum absolute atomic E-state index is 0.0556. The van der Waals surface area contributed by atoms with Crippen LogP contribution in [0.1, 0.15) is 86.6 Å². The van der Waals surface area contributed by atoms with E-state index < -0.39 is 48.4 Å². The van der Waals surface area contributed by atoms with Crippen molar-refractivity contribution in [2.24, 2.45) is 11.3 Å². The molecular weight excluding hydrogens is 528 g/mol. The van der Waals surface area contributed by atoms with E-state index in [9.17, 15) is 24.0 Å². The van der Waals surface area contributed by atoms with Crippen molar-refractivity contribution in [3.63, 3.8) is 0 Å². The van der Waals surface area contributed by atoms with E-state index in [1.807, 2.05) is 27.7 Å². The van der Waals surface area contributed by atoms with Crippen molar-refractivity contribution in [2.45, 2.75) is 98.3 Å². The van der Waals surface area contributed by atoms with Crippen molar-refractivity contribution in [1.29, 1.82) is 0 Å². The lowest BCUT2D eigenvalue weighted by molar-refractivity contribution is -0.136. The van der Waals surface area contributed by atoms with Gasteiger partial charge < -0.3 is 25.4 Å². The molecule has 3 amide bonds. The van der Waals surface area contributed by atoms with Crippen molar-refractivity contribution < 1.29 is 33.4 Å². The first-order valence-corrected chi connectivity index (χ1v) is 14.4. The number of amides is 3. The number of hydrogen-bond donors (Lipinski definition) is 3. The van der Waals surface area contributed by atoms with Crippen molar-refractivity contribution in [2.75, 3.05) is 19.8 Å². The van der Waals surface area contributed by atoms with Crippen molar-refractivity contribution in [1.82, 2.24) is 20.9 Å². The number of nitrogens with one attached hydrogen (secondary N) is 3. The maximum absolute atomic E-state index is 13.6. The van der Waals surface area contributed by atoms with Gasteiger partial charge in [-0.25, -0.2) is 4.79 Å². The van der Waals surface area contributed by atoms with E-state index in [0.29, 0.717) is 43.7 Å². The zero-order chi connectivity index (χ0) is 30.3. The quantitative estimate of drug-likeness (QED) is 0.341. The number of pyridine rings is 1. The highest BCUT2D eigenvalue weighted by Crippen LogP contribution is 2.23. The van der Waals surface area contributed by atoms with Gasteiger partial charge in [-0.3, -0.25) is 24.2 Å². The Bertz CT molecular complexity index is 1130. The number of aromatic nitrogens is 1. The Balaban J connectivity index is 1.76. The lowest BCUT2D eigenvalue weighted by atomic mass is 9.87. The van der Waals surface area contributed by atoms with Crippen LogP contribution in [0.2, 0.25) is 0 Å². The van der Waals surface area contributed by atoms with E-state index in [1.54, 1.807) is 19.9 Å². The summed E-state index contributed by atoms with van der Waals surface area (Å²) in [5.41, 5.74) is 1.91. The van der Waals surface area contributed by atoms with Gasteiger partial charge in [-0.2, -0.15) is 0 Å². The Morgan fingerprint density at radius 2 is 1.83 bits per heavy atom. The summed E-state index contributed by atoms with van der Waals surface area (Å²) in [6, 6.07) is -0.255. The number of rotatable bonds is 11. The highest BCUT2D eigenvalue weighted by atomic mass is 16.5. The molecule has 1 aromatic heterocycles. The Morgan fingerprint density at radius 1 is 1.10 bits per heavy atom. The van der Waals surface area contributed by atoms with Crippen LogP contribution >= 0.6 is 0 Å². The fraction of sp³-hybridized carbons (Fsp3) is 0.667. The third-order valence-corrected chi connectivity index (χ3v) is 7.37. The molecule has 2 saturated heterocycles. The van der Waals surface area contributed by atoms with E-state index in [-0.39, 0.29) is 29.2 Å². The molecule has 0 saturated carbocycles. The van der Waals surface area contributed by atoms with Crippen LogP contribution in [0.3, 0.4) is 0 Å². The molecule has 0 radical (unpaired) electrons. The number of esters is 1. The van der Waals surface area contributed by atoms with E-state index >= 15 is 0 Å². The number of carbonyl (C=O) groups is 5. The molecule has 4 atom stereocenters. The van der Waals surface area contributed by atoms with Gasteiger partial charge in [0.05, 0.1) is 17.3 Å².